The fourth-order valence-corrected chi connectivity index (χ4v) is 4.52. The second kappa shape index (κ2) is 10.6. The van der Waals surface area contributed by atoms with Crippen LogP contribution in [0.1, 0.15) is 27.4 Å². The molecule has 0 bridgehead atoms. The Morgan fingerprint density at radius 3 is 2.62 bits per heavy atom. The summed E-state index contributed by atoms with van der Waals surface area (Å²) in [6.45, 7) is 13.1. The summed E-state index contributed by atoms with van der Waals surface area (Å²) in [4.78, 5) is 17.1. The highest BCUT2D eigenvalue weighted by Crippen LogP contribution is 2.17. The van der Waals surface area contributed by atoms with Crippen molar-refractivity contribution in [1.29, 1.82) is 0 Å². The summed E-state index contributed by atoms with van der Waals surface area (Å²) >= 11 is 3.60. The number of thiophene rings is 1. The molecule has 1 fully saturated rings. The second-order valence-electron chi connectivity index (χ2n) is 6.26. The van der Waals surface area contributed by atoms with E-state index in [2.05, 4.69) is 58.4 Å². The van der Waals surface area contributed by atoms with Crippen molar-refractivity contribution in [3.63, 3.8) is 0 Å². The van der Waals surface area contributed by atoms with Crippen molar-refractivity contribution >= 4 is 52.6 Å². The molecule has 0 aromatic carbocycles. The molecule has 3 heterocycles. The van der Waals surface area contributed by atoms with E-state index in [0.717, 1.165) is 55.9 Å². The van der Waals surface area contributed by atoms with Crippen LogP contribution in [-0.2, 0) is 13.1 Å². The van der Waals surface area contributed by atoms with Crippen LogP contribution in [0, 0.1) is 13.8 Å². The molecule has 5 nitrogen and oxygen atoms in total. The molecule has 0 radical (unpaired) electrons. The predicted molar refractivity (Wildman–Crippen MR) is 123 cm³/mol. The van der Waals surface area contributed by atoms with Gasteiger partial charge in [0.25, 0.3) is 0 Å². The average molecular weight is 505 g/mol. The number of hydrogen-bond donors (Lipinski definition) is 1. The van der Waals surface area contributed by atoms with Gasteiger partial charge in [0.1, 0.15) is 5.01 Å². The number of aromatic nitrogens is 1. The number of aryl methyl sites for hydroxylation is 2. The fraction of sp³-hybridized carbons (Fsp3) is 0.556. The smallest absolute Gasteiger partial charge is 0.194 e. The maximum Gasteiger partial charge on any atom is 0.194 e. The van der Waals surface area contributed by atoms with Crippen molar-refractivity contribution < 1.29 is 0 Å². The molecular weight excluding hydrogens is 477 g/mol. The zero-order chi connectivity index (χ0) is 17.6. The number of piperazine rings is 1. The molecule has 0 unspecified atom stereocenters. The molecule has 0 saturated carbocycles. The number of aliphatic imine (C=N–C) groups is 1. The normalized spacial score (nSPS) is 15.8. The summed E-state index contributed by atoms with van der Waals surface area (Å²) in [6, 6.07) is 4.36. The van der Waals surface area contributed by atoms with E-state index >= 15 is 0 Å². The number of nitrogens with one attached hydrogen (secondary N) is 1. The number of nitrogens with zero attached hydrogens (tertiary/aromatic N) is 4. The van der Waals surface area contributed by atoms with E-state index in [4.69, 9.17) is 4.99 Å². The lowest BCUT2D eigenvalue weighted by molar-refractivity contribution is 0.173. The Morgan fingerprint density at radius 2 is 2.04 bits per heavy atom. The molecule has 0 atom stereocenters. The second-order valence-corrected chi connectivity index (χ2v) is 8.58. The van der Waals surface area contributed by atoms with E-state index in [1.54, 1.807) is 11.3 Å². The van der Waals surface area contributed by atoms with Crippen molar-refractivity contribution in [3.05, 3.63) is 38.0 Å². The lowest BCUT2D eigenvalue weighted by Crippen LogP contribution is -2.52. The minimum absolute atomic E-state index is 0. The van der Waals surface area contributed by atoms with Crippen molar-refractivity contribution in [2.75, 3.05) is 32.7 Å². The summed E-state index contributed by atoms with van der Waals surface area (Å²) in [7, 11) is 0. The molecule has 3 rings (SSSR count). The summed E-state index contributed by atoms with van der Waals surface area (Å²) < 4.78 is 0. The van der Waals surface area contributed by atoms with Gasteiger partial charge in [0.2, 0.25) is 0 Å². The van der Waals surface area contributed by atoms with Gasteiger partial charge in [0.15, 0.2) is 5.96 Å². The monoisotopic (exact) mass is 505 g/mol. The zero-order valence-corrected chi connectivity index (χ0v) is 19.7. The lowest BCUT2D eigenvalue weighted by atomic mass is 10.3. The third-order valence-corrected chi connectivity index (χ3v) is 6.32. The number of guanidine groups is 1. The third kappa shape index (κ3) is 5.90. The quantitative estimate of drug-likeness (QED) is 0.382. The first-order chi connectivity index (χ1) is 12.2. The molecule has 1 aliphatic heterocycles. The van der Waals surface area contributed by atoms with E-state index in [1.165, 1.54) is 9.75 Å². The number of rotatable bonds is 5. The van der Waals surface area contributed by atoms with Gasteiger partial charge in [-0.2, -0.15) is 0 Å². The minimum atomic E-state index is 0. The topological polar surface area (TPSA) is 43.8 Å². The molecule has 26 heavy (non-hydrogen) atoms. The van der Waals surface area contributed by atoms with Crippen LogP contribution >= 0.6 is 46.7 Å². The highest BCUT2D eigenvalue weighted by atomic mass is 127. The predicted octanol–water partition coefficient (Wildman–Crippen LogP) is 3.72. The standard InChI is InChI=1S/C18H27N5S2.HI/c1-4-19-18(20-12-17-21-14(2)15(3)25-17)23-9-7-22(8-10-23)13-16-6-5-11-24-16;/h5-6,11H,4,7-10,12-13H2,1-3H3,(H,19,20);1H. The molecule has 1 aliphatic rings. The number of hydrogen-bond acceptors (Lipinski definition) is 5. The molecular formula is C18H28IN5S2. The summed E-state index contributed by atoms with van der Waals surface area (Å²) in [6.07, 6.45) is 0. The van der Waals surface area contributed by atoms with Gasteiger partial charge >= 0.3 is 0 Å². The fourth-order valence-electron chi connectivity index (χ4n) is 2.92. The maximum atomic E-state index is 4.83. The molecule has 2 aromatic rings. The average Bonchev–Trinajstić information content (AvgIpc) is 3.22. The Morgan fingerprint density at radius 1 is 1.27 bits per heavy atom. The first-order valence-corrected chi connectivity index (χ1v) is 10.6. The molecule has 0 spiro atoms. The van der Waals surface area contributed by atoms with Crippen LogP contribution in [0.15, 0.2) is 22.5 Å². The van der Waals surface area contributed by atoms with Crippen LogP contribution in [0.5, 0.6) is 0 Å². The lowest BCUT2D eigenvalue weighted by Gasteiger charge is -2.36. The van der Waals surface area contributed by atoms with Gasteiger partial charge in [-0.15, -0.1) is 46.7 Å². The first kappa shape index (κ1) is 21.6. The minimum Gasteiger partial charge on any atom is -0.357 e. The van der Waals surface area contributed by atoms with Crippen LogP contribution in [0.25, 0.3) is 0 Å². The van der Waals surface area contributed by atoms with Gasteiger partial charge in [-0.25, -0.2) is 9.98 Å². The number of halogens is 1. The van der Waals surface area contributed by atoms with Crippen LogP contribution in [0.2, 0.25) is 0 Å². The van der Waals surface area contributed by atoms with Gasteiger partial charge in [-0.3, -0.25) is 4.90 Å². The van der Waals surface area contributed by atoms with Crippen LogP contribution < -0.4 is 5.32 Å². The Balaban J connectivity index is 0.00000243. The van der Waals surface area contributed by atoms with Crippen molar-refractivity contribution in [3.8, 4) is 0 Å². The first-order valence-electron chi connectivity index (χ1n) is 8.86. The summed E-state index contributed by atoms with van der Waals surface area (Å²) in [5.41, 5.74) is 1.13. The van der Waals surface area contributed by atoms with Crippen molar-refractivity contribution in [2.45, 2.75) is 33.9 Å². The van der Waals surface area contributed by atoms with E-state index in [0.29, 0.717) is 6.54 Å². The summed E-state index contributed by atoms with van der Waals surface area (Å²) in [5, 5.41) is 6.70. The SMILES string of the molecule is CCNC(=NCc1nc(C)c(C)s1)N1CCN(Cc2cccs2)CC1.I. The Bertz CT molecular complexity index is 671. The Hall–Kier alpha value is -0.710. The van der Waals surface area contributed by atoms with E-state index in [-0.39, 0.29) is 24.0 Å². The van der Waals surface area contributed by atoms with Gasteiger partial charge in [-0.05, 0) is 32.2 Å². The molecule has 0 amide bonds. The van der Waals surface area contributed by atoms with Gasteiger partial charge in [-0.1, -0.05) is 6.07 Å². The molecule has 144 valence electrons. The van der Waals surface area contributed by atoms with Crippen LogP contribution in [-0.4, -0.2) is 53.5 Å². The van der Waals surface area contributed by atoms with Gasteiger partial charge < -0.3 is 10.2 Å². The van der Waals surface area contributed by atoms with Crippen LogP contribution in [0.3, 0.4) is 0 Å². The molecule has 1 N–H and O–H groups in total. The van der Waals surface area contributed by atoms with E-state index in [1.807, 2.05) is 11.3 Å². The van der Waals surface area contributed by atoms with Gasteiger partial charge in [0, 0.05) is 49.0 Å². The highest BCUT2D eigenvalue weighted by Gasteiger charge is 2.20. The van der Waals surface area contributed by atoms with Crippen molar-refractivity contribution in [1.82, 2.24) is 20.1 Å². The number of thiazole rings is 1. The van der Waals surface area contributed by atoms with Crippen molar-refractivity contribution in [2.24, 2.45) is 4.99 Å². The largest absolute Gasteiger partial charge is 0.357 e. The molecule has 0 aliphatic carbocycles. The third-order valence-electron chi connectivity index (χ3n) is 4.40. The zero-order valence-electron chi connectivity index (χ0n) is 15.7. The molecule has 2 aromatic heterocycles. The molecule has 8 heteroatoms. The Labute approximate surface area is 181 Å². The van der Waals surface area contributed by atoms with Crippen LogP contribution in [0.4, 0.5) is 0 Å². The highest BCUT2D eigenvalue weighted by molar-refractivity contribution is 14.0. The summed E-state index contributed by atoms with van der Waals surface area (Å²) in [5.74, 6) is 1.02. The Kier molecular flexibility index (Phi) is 8.78. The molecule has 1 saturated heterocycles. The van der Waals surface area contributed by atoms with E-state index in [9.17, 15) is 0 Å². The maximum absolute atomic E-state index is 4.83. The van der Waals surface area contributed by atoms with Gasteiger partial charge in [0.05, 0.1) is 12.2 Å². The van der Waals surface area contributed by atoms with E-state index < -0.39 is 0 Å².